The average molecular weight is 415 g/mol. The van der Waals surface area contributed by atoms with Gasteiger partial charge >= 0.3 is 5.97 Å². The fourth-order valence-corrected chi connectivity index (χ4v) is 2.73. The van der Waals surface area contributed by atoms with Crippen LogP contribution in [-0.2, 0) is 21.2 Å². The molecule has 0 amide bonds. The van der Waals surface area contributed by atoms with Crippen molar-refractivity contribution in [2.45, 2.75) is 11.5 Å². The molecule has 4 nitrogen and oxygen atoms in total. The highest BCUT2D eigenvalue weighted by Crippen LogP contribution is 2.25. The minimum absolute atomic E-state index is 0.236. The second-order valence-corrected chi connectivity index (χ2v) is 7.46. The molecule has 11 heteroatoms. The molecule has 26 heavy (non-hydrogen) atoms. The molecule has 0 saturated heterocycles. The van der Waals surface area contributed by atoms with E-state index < -0.39 is 62.6 Å². The molecule has 140 valence electrons. The number of benzene rings is 2. The number of hydrogen-bond acceptors (Lipinski definition) is 4. The zero-order valence-corrected chi connectivity index (χ0v) is 14.3. The fraction of sp³-hybridized carbons (Fsp3) is 0.133. The molecule has 0 N–H and O–H groups in total. The molecule has 0 atom stereocenters. The highest BCUT2D eigenvalue weighted by molar-refractivity contribution is 7.90. The van der Waals surface area contributed by atoms with Crippen LogP contribution < -0.4 is 0 Å². The minimum Gasteiger partial charge on any atom is -0.457 e. The van der Waals surface area contributed by atoms with Crippen molar-refractivity contribution in [1.82, 2.24) is 0 Å². The lowest BCUT2D eigenvalue weighted by atomic mass is 10.1. The fourth-order valence-electron chi connectivity index (χ4n) is 1.88. The van der Waals surface area contributed by atoms with Gasteiger partial charge in [0.25, 0.3) is 0 Å². The Morgan fingerprint density at radius 1 is 1.00 bits per heavy atom. The van der Waals surface area contributed by atoms with Crippen molar-refractivity contribution in [3.63, 3.8) is 0 Å². The lowest BCUT2D eigenvalue weighted by molar-refractivity contribution is 0.0462. The monoisotopic (exact) mass is 414 g/mol. The molecule has 0 saturated carbocycles. The number of hydrogen-bond donors (Lipinski definition) is 0. The van der Waals surface area contributed by atoms with E-state index in [0.29, 0.717) is 0 Å². The molecular weight excluding hydrogens is 407 g/mol. The van der Waals surface area contributed by atoms with Gasteiger partial charge in [0.05, 0.1) is 21.0 Å². The quantitative estimate of drug-likeness (QED) is 0.330. The Bertz CT molecular complexity index is 979. The zero-order valence-electron chi connectivity index (χ0n) is 12.7. The standard InChI is InChI=1S/C15H8ClF5O4S/c1-26(23,24)6-2-3-9(16)7(4-6)15(22)25-5-8-10(17)12(19)14(21)13(20)11(8)18/h2-4H,5H2,1H3. The molecular formula is C15H8ClF5O4S. The van der Waals surface area contributed by atoms with Crippen LogP contribution in [0, 0.1) is 29.1 Å². The van der Waals surface area contributed by atoms with Gasteiger partial charge in [-0.3, -0.25) is 0 Å². The van der Waals surface area contributed by atoms with Crippen molar-refractivity contribution in [2.75, 3.05) is 6.26 Å². The predicted molar refractivity (Wildman–Crippen MR) is 79.9 cm³/mol. The van der Waals surface area contributed by atoms with Crippen LogP contribution >= 0.6 is 11.6 Å². The van der Waals surface area contributed by atoms with Gasteiger partial charge in [0, 0.05) is 6.26 Å². The molecule has 0 radical (unpaired) electrons. The molecule has 0 aliphatic heterocycles. The topological polar surface area (TPSA) is 60.4 Å². The summed E-state index contributed by atoms with van der Waals surface area (Å²) in [7, 11) is -3.70. The molecule has 0 aliphatic carbocycles. The Balaban J connectivity index is 2.34. The summed E-state index contributed by atoms with van der Waals surface area (Å²) in [5.74, 6) is -12.3. The average Bonchev–Trinajstić information content (AvgIpc) is 2.57. The van der Waals surface area contributed by atoms with E-state index in [9.17, 15) is 35.2 Å². The molecule has 0 aromatic heterocycles. The maximum absolute atomic E-state index is 13.5. The van der Waals surface area contributed by atoms with Crippen LogP contribution in [-0.4, -0.2) is 20.6 Å². The van der Waals surface area contributed by atoms with Gasteiger partial charge in [0.1, 0.15) is 6.61 Å². The van der Waals surface area contributed by atoms with Crippen LogP contribution in [0.2, 0.25) is 5.02 Å². The third-order valence-electron chi connectivity index (χ3n) is 3.23. The number of carbonyl (C=O) groups is 1. The second kappa shape index (κ2) is 7.20. The van der Waals surface area contributed by atoms with Crippen molar-refractivity contribution in [2.24, 2.45) is 0 Å². The third kappa shape index (κ3) is 3.80. The van der Waals surface area contributed by atoms with Crippen molar-refractivity contribution >= 4 is 27.4 Å². The molecule has 2 aromatic rings. The van der Waals surface area contributed by atoms with Gasteiger partial charge < -0.3 is 4.74 Å². The van der Waals surface area contributed by atoms with E-state index in [0.717, 1.165) is 24.5 Å². The summed E-state index contributed by atoms with van der Waals surface area (Å²) in [6.07, 6.45) is 0.861. The van der Waals surface area contributed by atoms with E-state index in [1.807, 2.05) is 0 Å². The molecule has 0 heterocycles. The number of esters is 1. The van der Waals surface area contributed by atoms with E-state index >= 15 is 0 Å². The van der Waals surface area contributed by atoms with Crippen LogP contribution in [0.1, 0.15) is 15.9 Å². The van der Waals surface area contributed by atoms with Gasteiger partial charge in [-0.2, -0.15) is 0 Å². The highest BCUT2D eigenvalue weighted by Gasteiger charge is 2.27. The van der Waals surface area contributed by atoms with E-state index in [2.05, 4.69) is 4.74 Å². The zero-order chi connectivity index (χ0) is 19.8. The van der Waals surface area contributed by atoms with Gasteiger partial charge in [-0.05, 0) is 18.2 Å². The Labute approximate surface area is 149 Å². The van der Waals surface area contributed by atoms with Crippen LogP contribution in [0.3, 0.4) is 0 Å². The smallest absolute Gasteiger partial charge is 0.340 e. The number of ether oxygens (including phenoxy) is 1. The highest BCUT2D eigenvalue weighted by atomic mass is 35.5. The lowest BCUT2D eigenvalue weighted by Gasteiger charge is -2.10. The first-order chi connectivity index (χ1) is 11.9. The van der Waals surface area contributed by atoms with Crippen molar-refractivity contribution in [3.8, 4) is 0 Å². The Morgan fingerprint density at radius 3 is 2.00 bits per heavy atom. The molecule has 0 bridgehead atoms. The van der Waals surface area contributed by atoms with Gasteiger partial charge in [-0.1, -0.05) is 11.6 Å². The molecule has 0 spiro atoms. The number of rotatable bonds is 4. The minimum atomic E-state index is -3.70. The van der Waals surface area contributed by atoms with Crippen LogP contribution in [0.25, 0.3) is 0 Å². The first-order valence-electron chi connectivity index (χ1n) is 6.62. The Morgan fingerprint density at radius 2 is 1.50 bits per heavy atom. The lowest BCUT2D eigenvalue weighted by Crippen LogP contribution is -2.12. The van der Waals surface area contributed by atoms with Gasteiger partial charge in [-0.15, -0.1) is 0 Å². The van der Waals surface area contributed by atoms with E-state index in [-0.39, 0.29) is 9.92 Å². The van der Waals surface area contributed by atoms with Crippen LogP contribution in [0.15, 0.2) is 23.1 Å². The Kier molecular flexibility index (Phi) is 5.57. The summed E-state index contributed by atoms with van der Waals surface area (Å²) in [6, 6.07) is 3.05. The van der Waals surface area contributed by atoms with Gasteiger partial charge in [-0.25, -0.2) is 35.2 Å². The van der Waals surface area contributed by atoms with E-state index in [4.69, 9.17) is 11.6 Å². The summed E-state index contributed by atoms with van der Waals surface area (Å²) in [5, 5.41) is -0.236. The SMILES string of the molecule is CS(=O)(=O)c1ccc(Cl)c(C(=O)OCc2c(F)c(F)c(F)c(F)c2F)c1. The summed E-state index contributed by atoms with van der Waals surface area (Å²) < 4.78 is 93.7. The first kappa shape index (κ1) is 20.1. The predicted octanol–water partition coefficient (Wildman–Crippen LogP) is 3.80. The van der Waals surface area contributed by atoms with Crippen molar-refractivity contribution < 1.29 is 39.9 Å². The van der Waals surface area contributed by atoms with Gasteiger partial charge in [0.15, 0.2) is 33.1 Å². The second-order valence-electron chi connectivity index (χ2n) is 5.04. The van der Waals surface area contributed by atoms with E-state index in [1.54, 1.807) is 0 Å². The summed E-state index contributed by atoms with van der Waals surface area (Å²) in [4.78, 5) is 11.7. The first-order valence-corrected chi connectivity index (χ1v) is 8.89. The Hall–Kier alpha value is -2.20. The number of halogens is 6. The molecule has 0 aliphatic rings. The summed E-state index contributed by atoms with van der Waals surface area (Å²) in [6.45, 7) is -1.29. The number of sulfone groups is 1. The maximum Gasteiger partial charge on any atom is 0.340 e. The normalized spacial score (nSPS) is 11.5. The van der Waals surface area contributed by atoms with Crippen molar-refractivity contribution in [1.29, 1.82) is 0 Å². The number of carbonyl (C=O) groups excluding carboxylic acids is 1. The van der Waals surface area contributed by atoms with Crippen LogP contribution in [0.5, 0.6) is 0 Å². The molecule has 0 fully saturated rings. The summed E-state index contributed by atoms with van der Waals surface area (Å²) >= 11 is 5.74. The molecule has 0 unspecified atom stereocenters. The van der Waals surface area contributed by atoms with Crippen molar-refractivity contribution in [3.05, 3.63) is 63.4 Å². The molecule has 2 rings (SSSR count). The maximum atomic E-state index is 13.5. The molecule has 2 aromatic carbocycles. The van der Waals surface area contributed by atoms with Crippen LogP contribution in [0.4, 0.5) is 22.0 Å². The third-order valence-corrected chi connectivity index (χ3v) is 4.67. The largest absolute Gasteiger partial charge is 0.457 e. The van der Waals surface area contributed by atoms with Gasteiger partial charge in [0.2, 0.25) is 5.82 Å². The van der Waals surface area contributed by atoms with E-state index in [1.165, 1.54) is 0 Å². The summed E-state index contributed by atoms with van der Waals surface area (Å²) in [5.41, 5.74) is -1.82.